The second kappa shape index (κ2) is 5.52. The van der Waals surface area contributed by atoms with Gasteiger partial charge in [-0.1, -0.05) is 18.2 Å². The van der Waals surface area contributed by atoms with Crippen LogP contribution in [-0.4, -0.2) is 46.3 Å². The lowest BCUT2D eigenvalue weighted by Gasteiger charge is -2.38. The summed E-state index contributed by atoms with van der Waals surface area (Å²) in [7, 11) is 2.15. The zero-order valence-corrected chi connectivity index (χ0v) is 14.2. The number of hydrogen-bond donors (Lipinski definition) is 1. The molecule has 6 heteroatoms. The summed E-state index contributed by atoms with van der Waals surface area (Å²) >= 11 is 0. The van der Waals surface area contributed by atoms with Crippen LogP contribution in [0.5, 0.6) is 0 Å². The predicted octanol–water partition coefficient (Wildman–Crippen LogP) is 2.18. The second-order valence-electron chi connectivity index (χ2n) is 7.16. The molecular formula is C19H21N5O. The van der Waals surface area contributed by atoms with Crippen LogP contribution >= 0.6 is 0 Å². The molecule has 2 bridgehead atoms. The highest BCUT2D eigenvalue weighted by molar-refractivity contribution is 5.84. The van der Waals surface area contributed by atoms with Crippen molar-refractivity contribution in [3.05, 3.63) is 46.4 Å². The third-order valence-corrected chi connectivity index (χ3v) is 5.82. The van der Waals surface area contributed by atoms with Gasteiger partial charge in [0, 0.05) is 24.8 Å². The van der Waals surface area contributed by atoms with Crippen molar-refractivity contribution in [2.24, 2.45) is 4.99 Å². The number of nitrogens with zero attached hydrogens (tertiary/aromatic N) is 4. The Balaban J connectivity index is 1.66. The fourth-order valence-corrected chi connectivity index (χ4v) is 4.41. The van der Waals surface area contributed by atoms with Gasteiger partial charge in [-0.05, 0) is 38.4 Å². The van der Waals surface area contributed by atoms with E-state index in [9.17, 15) is 4.79 Å². The van der Waals surface area contributed by atoms with Gasteiger partial charge in [-0.15, -0.1) is 0 Å². The number of anilines is 1. The lowest BCUT2D eigenvalue weighted by molar-refractivity contribution is 0.102. The largest absolute Gasteiger partial charge is 0.324 e. The molecule has 4 aliphatic rings. The number of aromatic nitrogens is 2. The third-order valence-electron chi connectivity index (χ3n) is 5.82. The van der Waals surface area contributed by atoms with Crippen LogP contribution in [0.25, 0.3) is 10.9 Å². The van der Waals surface area contributed by atoms with Crippen LogP contribution in [0.3, 0.4) is 0 Å². The lowest BCUT2D eigenvalue weighted by Crippen LogP contribution is -2.47. The summed E-state index contributed by atoms with van der Waals surface area (Å²) in [5.74, 6) is 0.634. The Bertz CT molecular complexity index is 960. The van der Waals surface area contributed by atoms with Crippen LogP contribution in [0.15, 0.2) is 45.8 Å². The van der Waals surface area contributed by atoms with Gasteiger partial charge in [0.1, 0.15) is 0 Å². The van der Waals surface area contributed by atoms with Crippen LogP contribution in [0.4, 0.5) is 5.95 Å². The van der Waals surface area contributed by atoms with Crippen molar-refractivity contribution >= 4 is 23.1 Å². The Kier molecular flexibility index (Phi) is 3.28. The van der Waals surface area contributed by atoms with Gasteiger partial charge in [0.2, 0.25) is 5.95 Å². The summed E-state index contributed by atoms with van der Waals surface area (Å²) in [5.41, 5.74) is 1.70. The molecule has 0 spiro atoms. The zero-order valence-electron chi connectivity index (χ0n) is 14.2. The maximum Gasteiger partial charge on any atom is 0.263 e. The molecule has 6 rings (SSSR count). The van der Waals surface area contributed by atoms with E-state index in [2.05, 4.69) is 28.3 Å². The van der Waals surface area contributed by atoms with Gasteiger partial charge in [-0.3, -0.25) is 19.3 Å². The maximum absolute atomic E-state index is 13.3. The molecule has 1 saturated carbocycles. The normalized spacial score (nSPS) is 28.0. The SMILES string of the molecule is CN1C2CC1[C@H](n1c(NC3=CCCN=C3)nc3ccccc3c1=O)C2. The maximum atomic E-state index is 13.3. The smallest absolute Gasteiger partial charge is 0.263 e. The number of fused-ring (bicyclic) bond motifs is 2. The van der Waals surface area contributed by atoms with Crippen molar-refractivity contribution in [1.82, 2.24) is 14.5 Å². The molecule has 1 N–H and O–H groups in total. The van der Waals surface area contributed by atoms with E-state index in [4.69, 9.17) is 4.98 Å². The number of dihydropyridines is 1. The number of para-hydroxylation sites is 1. The molecule has 1 aliphatic carbocycles. The molecule has 3 atom stereocenters. The molecule has 0 amide bonds. The average Bonchev–Trinajstić information content (AvgIpc) is 3.21. The van der Waals surface area contributed by atoms with Gasteiger partial charge in [-0.2, -0.15) is 0 Å². The molecule has 3 aliphatic heterocycles. The van der Waals surface area contributed by atoms with E-state index in [0.717, 1.165) is 30.6 Å². The van der Waals surface area contributed by atoms with Gasteiger partial charge in [-0.25, -0.2) is 4.98 Å². The summed E-state index contributed by atoms with van der Waals surface area (Å²) in [5, 5.41) is 4.04. The van der Waals surface area contributed by atoms with E-state index >= 15 is 0 Å². The minimum absolute atomic E-state index is 0.0485. The van der Waals surface area contributed by atoms with Crippen LogP contribution in [0.2, 0.25) is 0 Å². The van der Waals surface area contributed by atoms with Crippen molar-refractivity contribution in [2.45, 2.75) is 37.4 Å². The fraction of sp³-hybridized carbons (Fsp3) is 0.421. The first-order valence-corrected chi connectivity index (χ1v) is 8.92. The van der Waals surface area contributed by atoms with E-state index in [1.54, 1.807) is 0 Å². The summed E-state index contributed by atoms with van der Waals surface area (Å²) < 4.78 is 1.89. The number of hydrogen-bond acceptors (Lipinski definition) is 5. The summed E-state index contributed by atoms with van der Waals surface area (Å²) in [4.78, 5) is 24.8. The van der Waals surface area contributed by atoms with Crippen molar-refractivity contribution in [1.29, 1.82) is 0 Å². The van der Waals surface area contributed by atoms with Gasteiger partial charge < -0.3 is 5.32 Å². The highest BCUT2D eigenvalue weighted by atomic mass is 16.1. The highest BCUT2D eigenvalue weighted by Gasteiger charge is 2.50. The topological polar surface area (TPSA) is 62.5 Å². The number of benzene rings is 1. The van der Waals surface area contributed by atoms with Crippen LogP contribution in [0.1, 0.15) is 25.3 Å². The van der Waals surface area contributed by atoms with Gasteiger partial charge >= 0.3 is 0 Å². The van der Waals surface area contributed by atoms with Crippen molar-refractivity contribution in [3.8, 4) is 0 Å². The minimum Gasteiger partial charge on any atom is -0.324 e. The first-order valence-electron chi connectivity index (χ1n) is 8.92. The van der Waals surface area contributed by atoms with Crippen molar-refractivity contribution in [2.75, 3.05) is 18.9 Å². The Labute approximate surface area is 145 Å². The van der Waals surface area contributed by atoms with E-state index in [1.165, 1.54) is 6.42 Å². The second-order valence-corrected chi connectivity index (χ2v) is 7.16. The standard InChI is InChI=1S/C19H21N5O/c1-23-13-9-16(23)17(10-13)24-18(25)14-6-2-3-7-15(14)22-19(24)21-12-5-4-8-20-11-12/h2-3,5-7,11,13,16-17H,4,8-10H2,1H3,(H,21,22)/t13?,16?,17-/m1/s1. The summed E-state index contributed by atoms with van der Waals surface area (Å²) in [6, 6.07) is 8.80. The molecule has 1 aromatic heterocycles. The Morgan fingerprint density at radius 3 is 2.76 bits per heavy atom. The molecule has 128 valence electrons. The number of nitrogens with one attached hydrogen (secondary N) is 1. The lowest BCUT2D eigenvalue weighted by atomic mass is 10.0. The first kappa shape index (κ1) is 14.8. The fourth-order valence-electron chi connectivity index (χ4n) is 4.41. The summed E-state index contributed by atoms with van der Waals surface area (Å²) in [6.07, 6.45) is 7.04. The number of allylic oxidation sites excluding steroid dienone is 1. The van der Waals surface area contributed by atoms with Crippen LogP contribution < -0.4 is 10.9 Å². The molecular weight excluding hydrogens is 314 g/mol. The quantitative estimate of drug-likeness (QED) is 0.934. The predicted molar refractivity (Wildman–Crippen MR) is 99.3 cm³/mol. The van der Waals surface area contributed by atoms with E-state index in [1.807, 2.05) is 35.0 Å². The minimum atomic E-state index is 0.0485. The number of aliphatic imine (C=N–C) groups is 1. The van der Waals surface area contributed by atoms with Crippen molar-refractivity contribution < 1.29 is 0 Å². The molecule has 1 aromatic carbocycles. The molecule has 0 radical (unpaired) electrons. The van der Waals surface area contributed by atoms with Crippen LogP contribution in [-0.2, 0) is 0 Å². The molecule has 6 nitrogen and oxygen atoms in total. The first-order chi connectivity index (χ1) is 12.2. The van der Waals surface area contributed by atoms with Gasteiger partial charge in [0.05, 0.1) is 22.6 Å². The molecule has 2 unspecified atom stereocenters. The monoisotopic (exact) mass is 335 g/mol. The van der Waals surface area contributed by atoms with Gasteiger partial charge in [0.25, 0.3) is 5.56 Å². The van der Waals surface area contributed by atoms with Crippen LogP contribution in [0, 0.1) is 0 Å². The van der Waals surface area contributed by atoms with Crippen molar-refractivity contribution in [3.63, 3.8) is 0 Å². The van der Waals surface area contributed by atoms with E-state index < -0.39 is 0 Å². The highest BCUT2D eigenvalue weighted by Crippen LogP contribution is 2.46. The molecule has 3 fully saturated rings. The van der Waals surface area contributed by atoms with E-state index in [0.29, 0.717) is 23.4 Å². The molecule has 2 aromatic rings. The van der Waals surface area contributed by atoms with E-state index in [-0.39, 0.29) is 11.6 Å². The van der Waals surface area contributed by atoms with Gasteiger partial charge in [0.15, 0.2) is 0 Å². The molecule has 25 heavy (non-hydrogen) atoms. The zero-order chi connectivity index (χ0) is 17.0. The number of likely N-dealkylation sites (N-methyl/N-ethyl adjacent to an activating group) is 1. The average molecular weight is 335 g/mol. The molecule has 2 saturated heterocycles. The Morgan fingerprint density at radius 1 is 1.20 bits per heavy atom. The molecule has 4 heterocycles. The summed E-state index contributed by atoms with van der Waals surface area (Å²) in [6.45, 7) is 0.820. The third kappa shape index (κ3) is 2.24. The number of rotatable bonds is 3. The Hall–Kier alpha value is -2.47. The Morgan fingerprint density at radius 2 is 2.04 bits per heavy atom.